The maximum absolute atomic E-state index is 12.1. The summed E-state index contributed by atoms with van der Waals surface area (Å²) in [6, 6.07) is 5.42. The van der Waals surface area contributed by atoms with Crippen molar-refractivity contribution in [2.75, 3.05) is 19.8 Å². The van der Waals surface area contributed by atoms with E-state index in [4.69, 9.17) is 9.47 Å². The molecule has 1 heterocycles. The van der Waals surface area contributed by atoms with Crippen LogP contribution >= 0.6 is 15.9 Å². The van der Waals surface area contributed by atoms with Crippen LogP contribution < -0.4 is 10.1 Å². The Morgan fingerprint density at radius 1 is 1.52 bits per heavy atom. The van der Waals surface area contributed by atoms with Crippen LogP contribution in [0.25, 0.3) is 0 Å². The molecule has 0 saturated carbocycles. The normalized spacial score (nSPS) is 17.7. The molecule has 1 saturated heterocycles. The molecule has 21 heavy (non-hydrogen) atoms. The van der Waals surface area contributed by atoms with Gasteiger partial charge in [0.15, 0.2) is 0 Å². The maximum atomic E-state index is 12.1. The number of carbonyl (C=O) groups excluding carboxylic acids is 1. The summed E-state index contributed by atoms with van der Waals surface area (Å²) < 4.78 is 12.0. The van der Waals surface area contributed by atoms with Crippen LogP contribution in [0.4, 0.5) is 0 Å². The number of carbonyl (C=O) groups is 1. The Morgan fingerprint density at radius 2 is 2.38 bits per heavy atom. The van der Waals surface area contributed by atoms with Gasteiger partial charge in [-0.3, -0.25) is 4.79 Å². The van der Waals surface area contributed by atoms with Crippen LogP contribution in [0.5, 0.6) is 5.75 Å². The Labute approximate surface area is 134 Å². The second kappa shape index (κ2) is 8.39. The molecule has 0 aromatic heterocycles. The predicted octanol–water partition coefficient (Wildman–Crippen LogP) is 3.54. The fraction of sp³-hybridized carbons (Fsp3) is 0.562. The van der Waals surface area contributed by atoms with Crippen molar-refractivity contribution in [3.8, 4) is 5.75 Å². The maximum Gasteiger partial charge on any atom is 0.251 e. The molecule has 1 N–H and O–H groups in total. The number of benzene rings is 1. The molecule has 1 aromatic rings. The van der Waals surface area contributed by atoms with Gasteiger partial charge in [0.1, 0.15) is 5.75 Å². The van der Waals surface area contributed by atoms with Crippen LogP contribution in [0.3, 0.4) is 0 Å². The van der Waals surface area contributed by atoms with Crippen molar-refractivity contribution in [2.45, 2.75) is 38.7 Å². The standard InChI is InChI=1S/C16H22BrNO3/c1-2-3-8-21-15-7-6-12(10-14(15)17)16(19)18-11-13-5-4-9-20-13/h6-7,10,13H,2-5,8-9,11H2,1H3,(H,18,19)/t13-/m0/s1. The highest BCUT2D eigenvalue weighted by Crippen LogP contribution is 2.26. The summed E-state index contributed by atoms with van der Waals surface area (Å²) in [5, 5.41) is 2.91. The molecule has 1 aromatic carbocycles. The number of amides is 1. The van der Waals surface area contributed by atoms with E-state index in [1.165, 1.54) is 0 Å². The van der Waals surface area contributed by atoms with E-state index in [1.54, 1.807) is 12.1 Å². The molecule has 0 spiro atoms. The fourth-order valence-electron chi connectivity index (χ4n) is 2.20. The predicted molar refractivity (Wildman–Crippen MR) is 85.9 cm³/mol. The summed E-state index contributed by atoms with van der Waals surface area (Å²) in [4.78, 5) is 12.1. The summed E-state index contributed by atoms with van der Waals surface area (Å²) >= 11 is 3.46. The van der Waals surface area contributed by atoms with E-state index in [1.807, 2.05) is 6.07 Å². The van der Waals surface area contributed by atoms with Crippen molar-refractivity contribution < 1.29 is 14.3 Å². The molecule has 1 aliphatic rings. The van der Waals surface area contributed by atoms with E-state index < -0.39 is 0 Å². The molecule has 0 radical (unpaired) electrons. The molecule has 1 amide bonds. The molecule has 1 fully saturated rings. The van der Waals surface area contributed by atoms with E-state index in [0.717, 1.165) is 42.5 Å². The molecule has 0 unspecified atom stereocenters. The lowest BCUT2D eigenvalue weighted by Crippen LogP contribution is -2.31. The summed E-state index contributed by atoms with van der Waals surface area (Å²) in [6.07, 6.45) is 4.38. The summed E-state index contributed by atoms with van der Waals surface area (Å²) in [6.45, 7) is 4.20. The Hall–Kier alpha value is -1.07. The Balaban J connectivity index is 1.87. The van der Waals surface area contributed by atoms with Gasteiger partial charge in [0.25, 0.3) is 5.91 Å². The Bertz CT molecular complexity index is 473. The number of halogens is 1. The third kappa shape index (κ3) is 5.00. The number of ether oxygens (including phenoxy) is 2. The largest absolute Gasteiger partial charge is 0.492 e. The van der Waals surface area contributed by atoms with E-state index in [0.29, 0.717) is 18.7 Å². The van der Waals surface area contributed by atoms with Crippen molar-refractivity contribution >= 4 is 21.8 Å². The first kappa shape index (κ1) is 16.3. The van der Waals surface area contributed by atoms with Gasteiger partial charge in [-0.2, -0.15) is 0 Å². The number of nitrogens with one attached hydrogen (secondary N) is 1. The zero-order valence-corrected chi connectivity index (χ0v) is 13.9. The molecule has 1 aliphatic heterocycles. The van der Waals surface area contributed by atoms with Crippen LogP contribution in [-0.2, 0) is 4.74 Å². The fourth-order valence-corrected chi connectivity index (χ4v) is 2.69. The molecule has 116 valence electrons. The van der Waals surface area contributed by atoms with Crippen LogP contribution in [0.2, 0.25) is 0 Å². The monoisotopic (exact) mass is 355 g/mol. The number of hydrogen-bond acceptors (Lipinski definition) is 3. The van der Waals surface area contributed by atoms with Gasteiger partial charge in [-0.15, -0.1) is 0 Å². The van der Waals surface area contributed by atoms with E-state index in [2.05, 4.69) is 28.2 Å². The van der Waals surface area contributed by atoms with Crippen LogP contribution in [0.1, 0.15) is 43.0 Å². The smallest absolute Gasteiger partial charge is 0.251 e. The van der Waals surface area contributed by atoms with Crippen LogP contribution in [0.15, 0.2) is 22.7 Å². The van der Waals surface area contributed by atoms with Gasteiger partial charge in [0.05, 0.1) is 17.2 Å². The van der Waals surface area contributed by atoms with Gasteiger partial charge < -0.3 is 14.8 Å². The molecule has 4 nitrogen and oxygen atoms in total. The lowest BCUT2D eigenvalue weighted by molar-refractivity contribution is 0.0857. The second-order valence-corrected chi connectivity index (χ2v) is 6.05. The molecular formula is C16H22BrNO3. The topological polar surface area (TPSA) is 47.6 Å². The lowest BCUT2D eigenvalue weighted by atomic mass is 10.2. The average molecular weight is 356 g/mol. The summed E-state index contributed by atoms with van der Waals surface area (Å²) in [5.41, 5.74) is 0.628. The first-order chi connectivity index (χ1) is 10.2. The first-order valence-electron chi connectivity index (χ1n) is 7.53. The van der Waals surface area contributed by atoms with Crippen LogP contribution in [-0.4, -0.2) is 31.8 Å². The number of unbranched alkanes of at least 4 members (excludes halogenated alkanes) is 1. The molecule has 2 rings (SSSR count). The van der Waals surface area contributed by atoms with Gasteiger partial charge in [0, 0.05) is 18.7 Å². The van der Waals surface area contributed by atoms with Crippen molar-refractivity contribution in [3.05, 3.63) is 28.2 Å². The molecule has 1 atom stereocenters. The lowest BCUT2D eigenvalue weighted by Gasteiger charge is -2.12. The van der Waals surface area contributed by atoms with Crippen LogP contribution in [0, 0.1) is 0 Å². The minimum atomic E-state index is -0.0775. The zero-order valence-electron chi connectivity index (χ0n) is 12.4. The van der Waals surface area contributed by atoms with Gasteiger partial charge in [0.2, 0.25) is 0 Å². The molecular weight excluding hydrogens is 334 g/mol. The molecule has 5 heteroatoms. The van der Waals surface area contributed by atoms with Crippen molar-refractivity contribution in [3.63, 3.8) is 0 Å². The van der Waals surface area contributed by atoms with Crippen molar-refractivity contribution in [1.29, 1.82) is 0 Å². The van der Waals surface area contributed by atoms with Gasteiger partial charge >= 0.3 is 0 Å². The van der Waals surface area contributed by atoms with Crippen molar-refractivity contribution in [1.82, 2.24) is 5.32 Å². The van der Waals surface area contributed by atoms with Gasteiger partial charge in [-0.05, 0) is 53.4 Å². The Kier molecular flexibility index (Phi) is 6.51. The van der Waals surface area contributed by atoms with E-state index >= 15 is 0 Å². The summed E-state index contributed by atoms with van der Waals surface area (Å²) in [7, 11) is 0. The average Bonchev–Trinajstić information content (AvgIpc) is 3.00. The van der Waals surface area contributed by atoms with Crippen molar-refractivity contribution in [2.24, 2.45) is 0 Å². The summed E-state index contributed by atoms with van der Waals surface area (Å²) in [5.74, 6) is 0.699. The third-order valence-corrected chi connectivity index (χ3v) is 4.08. The minimum Gasteiger partial charge on any atom is -0.492 e. The van der Waals surface area contributed by atoms with E-state index in [9.17, 15) is 4.79 Å². The third-order valence-electron chi connectivity index (χ3n) is 3.46. The SMILES string of the molecule is CCCCOc1ccc(C(=O)NC[C@@H]2CCCO2)cc1Br. The quantitative estimate of drug-likeness (QED) is 0.761. The van der Waals surface area contributed by atoms with Gasteiger partial charge in [-0.1, -0.05) is 13.3 Å². The zero-order chi connectivity index (χ0) is 15.1. The second-order valence-electron chi connectivity index (χ2n) is 5.19. The molecule has 0 bridgehead atoms. The van der Waals surface area contributed by atoms with Gasteiger partial charge in [-0.25, -0.2) is 0 Å². The minimum absolute atomic E-state index is 0.0775. The van der Waals surface area contributed by atoms with E-state index in [-0.39, 0.29) is 12.0 Å². The molecule has 0 aliphatic carbocycles. The Morgan fingerprint density at radius 3 is 3.05 bits per heavy atom. The first-order valence-corrected chi connectivity index (χ1v) is 8.32. The highest BCUT2D eigenvalue weighted by atomic mass is 79.9. The number of hydrogen-bond donors (Lipinski definition) is 1. The number of rotatable bonds is 7. The highest BCUT2D eigenvalue weighted by Gasteiger charge is 2.17. The highest BCUT2D eigenvalue weighted by molar-refractivity contribution is 9.10.